The molecule has 4 heteroatoms. The van der Waals surface area contributed by atoms with Gasteiger partial charge in [0.2, 0.25) is 0 Å². The standard InChI is InChI=1S/C6H13IN2O/c1-4-6(8)5(10-2)3-9(4)7/h4-6H,3,8H2,1-2H3. The van der Waals surface area contributed by atoms with E-state index in [2.05, 4.69) is 32.9 Å². The Morgan fingerprint density at radius 2 is 2.30 bits per heavy atom. The lowest BCUT2D eigenvalue weighted by Crippen LogP contribution is -2.39. The highest BCUT2D eigenvalue weighted by atomic mass is 127. The average molecular weight is 256 g/mol. The van der Waals surface area contributed by atoms with E-state index in [4.69, 9.17) is 10.5 Å². The smallest absolute Gasteiger partial charge is 0.0872 e. The van der Waals surface area contributed by atoms with E-state index in [1.165, 1.54) is 0 Å². The van der Waals surface area contributed by atoms with E-state index in [0.717, 1.165) is 6.54 Å². The van der Waals surface area contributed by atoms with Crippen LogP contribution in [0.2, 0.25) is 0 Å². The Morgan fingerprint density at radius 1 is 1.70 bits per heavy atom. The van der Waals surface area contributed by atoms with Gasteiger partial charge in [-0.25, -0.2) is 3.11 Å². The third-order valence-corrected chi connectivity index (χ3v) is 3.36. The van der Waals surface area contributed by atoms with E-state index in [1.807, 2.05) is 0 Å². The Hall–Kier alpha value is 0.610. The van der Waals surface area contributed by atoms with E-state index in [0.29, 0.717) is 6.04 Å². The maximum atomic E-state index is 5.85. The fourth-order valence-electron chi connectivity index (χ4n) is 1.19. The average Bonchev–Trinajstić information content (AvgIpc) is 2.17. The Balaban J connectivity index is 2.53. The first-order valence-electron chi connectivity index (χ1n) is 3.37. The summed E-state index contributed by atoms with van der Waals surface area (Å²) in [5.74, 6) is 0. The van der Waals surface area contributed by atoms with E-state index in [1.54, 1.807) is 7.11 Å². The number of rotatable bonds is 1. The van der Waals surface area contributed by atoms with Crippen molar-refractivity contribution in [3.63, 3.8) is 0 Å². The van der Waals surface area contributed by atoms with Crippen molar-refractivity contribution in [1.29, 1.82) is 0 Å². The van der Waals surface area contributed by atoms with Crippen LogP contribution in [-0.2, 0) is 4.74 Å². The molecule has 0 aliphatic carbocycles. The van der Waals surface area contributed by atoms with Crippen LogP contribution in [0.1, 0.15) is 6.92 Å². The molecule has 0 radical (unpaired) electrons. The van der Waals surface area contributed by atoms with E-state index in [-0.39, 0.29) is 12.1 Å². The number of methoxy groups -OCH3 is 1. The number of nitrogens with zero attached hydrogens (tertiary/aromatic N) is 1. The minimum absolute atomic E-state index is 0.168. The third-order valence-electron chi connectivity index (χ3n) is 2.09. The summed E-state index contributed by atoms with van der Waals surface area (Å²) in [6.07, 6.45) is 0.215. The normalized spacial score (nSPS) is 42.6. The first kappa shape index (κ1) is 8.70. The molecule has 0 saturated carbocycles. The minimum atomic E-state index is 0.168. The predicted molar refractivity (Wildman–Crippen MR) is 49.0 cm³/mol. The molecule has 10 heavy (non-hydrogen) atoms. The molecule has 0 aromatic carbocycles. The van der Waals surface area contributed by atoms with Crippen molar-refractivity contribution in [2.45, 2.75) is 25.1 Å². The third kappa shape index (κ3) is 1.44. The zero-order valence-corrected chi connectivity index (χ0v) is 8.41. The molecule has 0 spiro atoms. The van der Waals surface area contributed by atoms with Crippen molar-refractivity contribution in [2.75, 3.05) is 13.7 Å². The molecule has 0 aromatic rings. The quantitative estimate of drug-likeness (QED) is 0.544. The highest BCUT2D eigenvalue weighted by molar-refractivity contribution is 14.1. The topological polar surface area (TPSA) is 38.5 Å². The monoisotopic (exact) mass is 256 g/mol. The van der Waals surface area contributed by atoms with Crippen molar-refractivity contribution in [3.8, 4) is 0 Å². The summed E-state index contributed by atoms with van der Waals surface area (Å²) in [5, 5.41) is 0. The van der Waals surface area contributed by atoms with Gasteiger partial charge in [0.1, 0.15) is 0 Å². The molecule has 1 fully saturated rings. The van der Waals surface area contributed by atoms with Crippen LogP contribution in [0.25, 0.3) is 0 Å². The van der Waals surface area contributed by atoms with Crippen LogP contribution in [-0.4, -0.2) is 35.0 Å². The fraction of sp³-hybridized carbons (Fsp3) is 1.00. The van der Waals surface area contributed by atoms with Gasteiger partial charge in [0, 0.05) is 48.6 Å². The van der Waals surface area contributed by atoms with Gasteiger partial charge < -0.3 is 10.5 Å². The van der Waals surface area contributed by atoms with Crippen LogP contribution in [0, 0.1) is 0 Å². The second-order valence-electron chi connectivity index (χ2n) is 2.67. The molecule has 0 bridgehead atoms. The number of hydrogen-bond acceptors (Lipinski definition) is 3. The number of hydrogen-bond donors (Lipinski definition) is 1. The molecule has 60 valence electrons. The van der Waals surface area contributed by atoms with Gasteiger partial charge in [-0.05, 0) is 6.92 Å². The van der Waals surface area contributed by atoms with E-state index >= 15 is 0 Å². The zero-order valence-electron chi connectivity index (χ0n) is 6.25. The highest BCUT2D eigenvalue weighted by Crippen LogP contribution is 2.21. The van der Waals surface area contributed by atoms with E-state index in [9.17, 15) is 0 Å². The van der Waals surface area contributed by atoms with Crippen LogP contribution in [0.3, 0.4) is 0 Å². The second-order valence-corrected chi connectivity index (χ2v) is 3.91. The maximum Gasteiger partial charge on any atom is 0.0872 e. The van der Waals surface area contributed by atoms with Gasteiger partial charge >= 0.3 is 0 Å². The van der Waals surface area contributed by atoms with Crippen molar-refractivity contribution in [1.82, 2.24) is 3.11 Å². The Morgan fingerprint density at radius 3 is 2.50 bits per heavy atom. The number of ether oxygens (including phenoxy) is 1. The van der Waals surface area contributed by atoms with Crippen molar-refractivity contribution in [2.24, 2.45) is 5.73 Å². The van der Waals surface area contributed by atoms with Gasteiger partial charge in [-0.3, -0.25) is 0 Å². The van der Waals surface area contributed by atoms with Gasteiger partial charge in [0.25, 0.3) is 0 Å². The molecule has 1 heterocycles. The molecule has 1 aliphatic heterocycles. The van der Waals surface area contributed by atoms with Gasteiger partial charge in [-0.2, -0.15) is 0 Å². The lowest BCUT2D eigenvalue weighted by molar-refractivity contribution is 0.103. The first-order chi connectivity index (χ1) is 4.66. The van der Waals surface area contributed by atoms with Gasteiger partial charge in [-0.15, -0.1) is 0 Å². The summed E-state index contributed by atoms with van der Waals surface area (Å²) < 4.78 is 7.38. The Bertz CT molecular complexity index is 122. The second kappa shape index (κ2) is 3.34. The fourth-order valence-corrected chi connectivity index (χ4v) is 1.95. The van der Waals surface area contributed by atoms with Crippen LogP contribution < -0.4 is 5.73 Å². The van der Waals surface area contributed by atoms with Crippen molar-refractivity contribution in [3.05, 3.63) is 0 Å². The van der Waals surface area contributed by atoms with Gasteiger partial charge in [-0.1, -0.05) is 0 Å². The van der Waals surface area contributed by atoms with Crippen LogP contribution >= 0.6 is 22.9 Å². The largest absolute Gasteiger partial charge is 0.378 e. The summed E-state index contributed by atoms with van der Waals surface area (Å²) in [6.45, 7) is 3.07. The minimum Gasteiger partial charge on any atom is -0.378 e. The van der Waals surface area contributed by atoms with Crippen LogP contribution in [0.5, 0.6) is 0 Å². The molecule has 3 nitrogen and oxygen atoms in total. The highest BCUT2D eigenvalue weighted by Gasteiger charge is 2.35. The van der Waals surface area contributed by atoms with Crippen molar-refractivity contribution >= 4 is 22.9 Å². The number of nitrogens with two attached hydrogens (primary N) is 1. The summed E-state index contributed by atoms with van der Waals surface area (Å²) in [7, 11) is 1.72. The summed E-state index contributed by atoms with van der Waals surface area (Å²) >= 11 is 2.29. The SMILES string of the molecule is COC1CN(I)C(C)C1N. The lowest BCUT2D eigenvalue weighted by atomic mass is 10.1. The molecular weight excluding hydrogens is 243 g/mol. The molecule has 0 aromatic heterocycles. The van der Waals surface area contributed by atoms with Crippen LogP contribution in [0.15, 0.2) is 0 Å². The molecule has 3 atom stereocenters. The zero-order chi connectivity index (χ0) is 7.72. The summed E-state index contributed by atoms with van der Waals surface area (Å²) in [6, 6.07) is 0.604. The molecule has 1 aliphatic rings. The summed E-state index contributed by atoms with van der Waals surface area (Å²) in [4.78, 5) is 0. The van der Waals surface area contributed by atoms with Crippen molar-refractivity contribution < 1.29 is 4.74 Å². The summed E-state index contributed by atoms with van der Waals surface area (Å²) in [5.41, 5.74) is 5.85. The molecule has 3 unspecified atom stereocenters. The lowest BCUT2D eigenvalue weighted by Gasteiger charge is -2.15. The molecular formula is C6H13IN2O. The Labute approximate surface area is 75.4 Å². The molecule has 1 rings (SSSR count). The first-order valence-corrected chi connectivity index (χ1v) is 4.34. The van der Waals surface area contributed by atoms with E-state index < -0.39 is 0 Å². The predicted octanol–water partition coefficient (Wildman–Crippen LogP) is 0.383. The maximum absolute atomic E-state index is 5.85. The molecule has 1 saturated heterocycles. The van der Waals surface area contributed by atoms with Crippen LogP contribution in [0.4, 0.5) is 0 Å². The number of halogens is 1. The van der Waals surface area contributed by atoms with Gasteiger partial charge in [0.15, 0.2) is 0 Å². The Kier molecular flexibility index (Phi) is 2.91. The molecule has 0 amide bonds. The van der Waals surface area contributed by atoms with Gasteiger partial charge in [0.05, 0.1) is 6.10 Å². The molecule has 2 N–H and O–H groups in total.